The lowest BCUT2D eigenvalue weighted by Gasteiger charge is -2.49. The summed E-state index contributed by atoms with van der Waals surface area (Å²) in [7, 11) is 0. The van der Waals surface area contributed by atoms with Crippen LogP contribution >= 0.6 is 0 Å². The van der Waals surface area contributed by atoms with Crippen molar-refractivity contribution in [2.24, 2.45) is 17.3 Å². The van der Waals surface area contributed by atoms with Crippen molar-refractivity contribution in [2.75, 3.05) is 0 Å². The van der Waals surface area contributed by atoms with E-state index in [1.54, 1.807) is 16.7 Å². The van der Waals surface area contributed by atoms with Gasteiger partial charge in [-0.25, -0.2) is 8.78 Å². The zero-order valence-electron chi connectivity index (χ0n) is 12.8. The Bertz CT molecular complexity index is 488. The van der Waals surface area contributed by atoms with E-state index < -0.39 is 6.43 Å². The van der Waals surface area contributed by atoms with Crippen molar-refractivity contribution >= 4 is 0 Å². The van der Waals surface area contributed by atoms with Gasteiger partial charge in [0.1, 0.15) is 0 Å². The van der Waals surface area contributed by atoms with Gasteiger partial charge in [0.25, 0.3) is 0 Å². The smallest absolute Gasteiger partial charge is 0.211 e. The second-order valence-electron chi connectivity index (χ2n) is 7.73. The van der Waals surface area contributed by atoms with Crippen molar-refractivity contribution in [1.82, 2.24) is 0 Å². The molecule has 0 nitrogen and oxygen atoms in total. The largest absolute Gasteiger partial charge is 0.239 e. The van der Waals surface area contributed by atoms with E-state index in [0.717, 1.165) is 19.3 Å². The SMILES string of the molecule is FC(F)C[C@@]12CCC[C@H]1[C@@H]1CCC3=CCCCC3=C1CC2. The highest BCUT2D eigenvalue weighted by Crippen LogP contribution is 2.62. The van der Waals surface area contributed by atoms with Gasteiger partial charge in [-0.1, -0.05) is 18.1 Å². The molecule has 0 aliphatic heterocycles. The molecule has 21 heavy (non-hydrogen) atoms. The zero-order chi connectivity index (χ0) is 14.4. The Labute approximate surface area is 126 Å². The van der Waals surface area contributed by atoms with Gasteiger partial charge in [-0.3, -0.25) is 0 Å². The first-order valence-corrected chi connectivity index (χ1v) is 8.89. The molecular weight excluding hydrogens is 266 g/mol. The lowest BCUT2D eigenvalue weighted by atomic mass is 9.56. The summed E-state index contributed by atoms with van der Waals surface area (Å²) in [6.07, 6.45) is 12.3. The quantitative estimate of drug-likeness (QED) is 0.582. The molecule has 0 amide bonds. The second kappa shape index (κ2) is 5.21. The van der Waals surface area contributed by atoms with Crippen LogP contribution in [0.25, 0.3) is 0 Å². The van der Waals surface area contributed by atoms with E-state index in [1.807, 2.05) is 0 Å². The summed E-state index contributed by atoms with van der Waals surface area (Å²) in [4.78, 5) is 0. The van der Waals surface area contributed by atoms with Crippen molar-refractivity contribution in [2.45, 2.75) is 77.1 Å². The van der Waals surface area contributed by atoms with Crippen LogP contribution in [0.5, 0.6) is 0 Å². The molecule has 4 aliphatic rings. The Morgan fingerprint density at radius 2 is 2.00 bits per heavy atom. The van der Waals surface area contributed by atoms with Crippen LogP contribution in [0.15, 0.2) is 22.8 Å². The van der Waals surface area contributed by atoms with Crippen LogP contribution in [0.2, 0.25) is 0 Å². The first-order valence-electron chi connectivity index (χ1n) is 8.89. The Balaban J connectivity index is 1.68. The minimum atomic E-state index is -2.12. The Morgan fingerprint density at radius 1 is 1.10 bits per heavy atom. The third-order valence-electron chi connectivity index (χ3n) is 6.88. The number of rotatable bonds is 2. The average Bonchev–Trinajstić information content (AvgIpc) is 2.89. The van der Waals surface area contributed by atoms with Crippen molar-refractivity contribution in [3.8, 4) is 0 Å². The van der Waals surface area contributed by atoms with E-state index >= 15 is 0 Å². The van der Waals surface area contributed by atoms with Crippen molar-refractivity contribution in [3.05, 3.63) is 22.8 Å². The Morgan fingerprint density at radius 3 is 2.86 bits per heavy atom. The summed E-state index contributed by atoms with van der Waals surface area (Å²) >= 11 is 0. The fourth-order valence-electron chi connectivity index (χ4n) is 6.10. The molecule has 0 bridgehead atoms. The average molecular weight is 292 g/mol. The molecule has 4 aliphatic carbocycles. The van der Waals surface area contributed by atoms with Crippen LogP contribution < -0.4 is 0 Å². The van der Waals surface area contributed by atoms with E-state index in [2.05, 4.69) is 6.08 Å². The number of hydrogen-bond donors (Lipinski definition) is 0. The van der Waals surface area contributed by atoms with Gasteiger partial charge in [-0.05, 0) is 86.2 Å². The monoisotopic (exact) mass is 292 g/mol. The lowest BCUT2D eigenvalue weighted by Crippen LogP contribution is -2.39. The molecule has 0 aromatic heterocycles. The van der Waals surface area contributed by atoms with E-state index in [1.165, 1.54) is 44.9 Å². The predicted molar refractivity (Wildman–Crippen MR) is 81.3 cm³/mol. The molecule has 116 valence electrons. The first-order chi connectivity index (χ1) is 10.2. The van der Waals surface area contributed by atoms with Crippen molar-refractivity contribution < 1.29 is 8.78 Å². The fourth-order valence-corrected chi connectivity index (χ4v) is 6.10. The molecule has 0 saturated heterocycles. The van der Waals surface area contributed by atoms with E-state index in [9.17, 15) is 8.78 Å². The Hall–Kier alpha value is -0.660. The van der Waals surface area contributed by atoms with E-state index in [0.29, 0.717) is 11.8 Å². The van der Waals surface area contributed by atoms with Gasteiger partial charge >= 0.3 is 0 Å². The summed E-state index contributed by atoms with van der Waals surface area (Å²) in [6.45, 7) is 0. The lowest BCUT2D eigenvalue weighted by molar-refractivity contribution is 0.0135. The van der Waals surface area contributed by atoms with Crippen LogP contribution in [-0.2, 0) is 0 Å². The highest BCUT2D eigenvalue weighted by atomic mass is 19.3. The van der Waals surface area contributed by atoms with Crippen LogP contribution in [0, 0.1) is 17.3 Å². The fraction of sp³-hybridized carbons (Fsp3) is 0.789. The highest BCUT2D eigenvalue weighted by Gasteiger charge is 2.52. The molecule has 2 saturated carbocycles. The predicted octanol–water partition coefficient (Wildman–Crippen LogP) is 6.04. The molecule has 0 radical (unpaired) electrons. The standard InChI is InChI=1S/C19H26F2/c20-18(21)12-19-10-3-6-17(19)16-8-7-13-4-1-2-5-14(13)15(16)9-11-19/h4,16-18H,1-3,5-12H2/t16-,17+,19+/m1/s1. The molecule has 0 heterocycles. The van der Waals surface area contributed by atoms with Gasteiger partial charge in [-0.15, -0.1) is 0 Å². The molecule has 3 atom stereocenters. The zero-order valence-corrected chi connectivity index (χ0v) is 12.8. The topological polar surface area (TPSA) is 0 Å². The van der Waals surface area contributed by atoms with Gasteiger partial charge in [0, 0.05) is 6.42 Å². The van der Waals surface area contributed by atoms with Gasteiger partial charge in [0.05, 0.1) is 0 Å². The summed E-state index contributed by atoms with van der Waals surface area (Å²) in [5, 5.41) is 0. The number of hydrogen-bond acceptors (Lipinski definition) is 0. The maximum Gasteiger partial charge on any atom is 0.239 e. The first kappa shape index (κ1) is 14.0. The highest BCUT2D eigenvalue weighted by molar-refractivity contribution is 5.42. The van der Waals surface area contributed by atoms with Gasteiger partial charge in [-0.2, -0.15) is 0 Å². The summed E-state index contributed by atoms with van der Waals surface area (Å²) in [6, 6.07) is 0. The molecule has 2 fully saturated rings. The summed E-state index contributed by atoms with van der Waals surface area (Å²) in [5.74, 6) is 1.21. The Kier molecular flexibility index (Phi) is 3.46. The number of alkyl halides is 2. The molecule has 0 unspecified atom stereocenters. The van der Waals surface area contributed by atoms with Crippen LogP contribution in [-0.4, -0.2) is 6.43 Å². The number of halogens is 2. The molecule has 0 aromatic carbocycles. The van der Waals surface area contributed by atoms with Crippen molar-refractivity contribution in [3.63, 3.8) is 0 Å². The van der Waals surface area contributed by atoms with Crippen LogP contribution in [0.4, 0.5) is 8.78 Å². The molecule has 0 spiro atoms. The number of fused-ring (bicyclic) bond motifs is 4. The molecule has 2 heteroatoms. The van der Waals surface area contributed by atoms with Crippen molar-refractivity contribution in [1.29, 1.82) is 0 Å². The minimum Gasteiger partial charge on any atom is -0.211 e. The molecular formula is C19H26F2. The maximum absolute atomic E-state index is 13.1. The number of allylic oxidation sites excluding steroid dienone is 4. The third kappa shape index (κ3) is 2.21. The van der Waals surface area contributed by atoms with Gasteiger partial charge < -0.3 is 0 Å². The van der Waals surface area contributed by atoms with Gasteiger partial charge in [0.15, 0.2) is 0 Å². The third-order valence-corrected chi connectivity index (χ3v) is 6.88. The van der Waals surface area contributed by atoms with Crippen LogP contribution in [0.1, 0.15) is 70.6 Å². The van der Waals surface area contributed by atoms with Crippen LogP contribution in [0.3, 0.4) is 0 Å². The summed E-state index contributed by atoms with van der Waals surface area (Å²) < 4.78 is 26.2. The molecule has 4 rings (SSSR count). The normalized spacial score (nSPS) is 38.9. The second-order valence-corrected chi connectivity index (χ2v) is 7.73. The summed E-state index contributed by atoms with van der Waals surface area (Å²) in [5.41, 5.74) is 4.96. The van der Waals surface area contributed by atoms with E-state index in [-0.39, 0.29) is 11.8 Å². The minimum absolute atomic E-state index is 0.0151. The maximum atomic E-state index is 13.1. The molecule has 0 N–H and O–H groups in total. The van der Waals surface area contributed by atoms with E-state index in [4.69, 9.17) is 0 Å². The molecule has 0 aromatic rings. The van der Waals surface area contributed by atoms with Gasteiger partial charge in [0.2, 0.25) is 6.43 Å².